The predicted molar refractivity (Wildman–Crippen MR) is 131 cm³/mol. The summed E-state index contributed by atoms with van der Waals surface area (Å²) < 4.78 is 14.0. The SMILES string of the molecule is CC(C1CC2C=CC1C2)[Si](C)(C)O[Si](C)(C)O[Si](C)(C)CCC1CC2C=CC1C2. The average Bonchev–Trinajstić information content (AvgIpc) is 3.37. The van der Waals surface area contributed by atoms with Gasteiger partial charge in [0.25, 0.3) is 0 Å². The molecule has 0 spiro atoms. The smallest absolute Gasteiger partial charge is 0.311 e. The molecule has 0 aromatic rings. The molecule has 0 aliphatic heterocycles. The van der Waals surface area contributed by atoms with Crippen molar-refractivity contribution in [1.29, 1.82) is 0 Å². The third-order valence-electron chi connectivity index (χ3n) is 8.63. The zero-order chi connectivity index (χ0) is 21.0. The molecular formula is C24H44O2Si3. The standard InChI is InChI=1S/C24H44O2Si3/c1-18(24-17-20-9-11-23(24)16-20)28(4,5)26-29(6,7)25-27(2,3)13-12-22-15-19-8-10-21(22)14-19/h8-11,18-24H,12-17H2,1-7H3. The van der Waals surface area contributed by atoms with Crippen molar-refractivity contribution in [3.05, 3.63) is 24.3 Å². The summed E-state index contributed by atoms with van der Waals surface area (Å²) in [5, 5.41) is 0. The van der Waals surface area contributed by atoms with Crippen molar-refractivity contribution in [3.63, 3.8) is 0 Å². The van der Waals surface area contributed by atoms with Gasteiger partial charge >= 0.3 is 8.56 Å². The van der Waals surface area contributed by atoms with Crippen LogP contribution in [0.15, 0.2) is 24.3 Å². The second-order valence-corrected chi connectivity index (χ2v) is 24.8. The van der Waals surface area contributed by atoms with E-state index in [0.29, 0.717) is 5.54 Å². The van der Waals surface area contributed by atoms with Gasteiger partial charge in [0.1, 0.15) is 0 Å². The maximum atomic E-state index is 7.02. The third kappa shape index (κ3) is 4.94. The number of fused-ring (bicyclic) bond motifs is 4. The fraction of sp³-hybridized carbons (Fsp3) is 0.833. The van der Waals surface area contributed by atoms with E-state index in [4.69, 9.17) is 8.23 Å². The van der Waals surface area contributed by atoms with Gasteiger partial charge in [0.2, 0.25) is 0 Å². The Morgan fingerprint density at radius 1 is 0.793 bits per heavy atom. The van der Waals surface area contributed by atoms with Crippen LogP contribution in [0.25, 0.3) is 0 Å². The number of allylic oxidation sites excluding steroid dienone is 4. The van der Waals surface area contributed by atoms with Crippen LogP contribution in [0.3, 0.4) is 0 Å². The molecule has 4 rings (SSSR count). The second-order valence-electron chi connectivity index (χ2n) is 12.3. The molecule has 4 aliphatic carbocycles. The molecule has 2 saturated carbocycles. The van der Waals surface area contributed by atoms with Gasteiger partial charge in [0.05, 0.1) is 0 Å². The zero-order valence-electron chi connectivity index (χ0n) is 19.9. The Balaban J connectivity index is 1.30. The highest BCUT2D eigenvalue weighted by molar-refractivity contribution is 6.88. The Kier molecular flexibility index (Phi) is 6.04. The van der Waals surface area contributed by atoms with E-state index in [0.717, 1.165) is 35.5 Å². The minimum absolute atomic E-state index is 0.712. The van der Waals surface area contributed by atoms with Gasteiger partial charge < -0.3 is 8.23 Å². The van der Waals surface area contributed by atoms with E-state index in [-0.39, 0.29) is 0 Å². The van der Waals surface area contributed by atoms with Crippen LogP contribution in [-0.2, 0) is 8.23 Å². The Labute approximate surface area is 183 Å². The van der Waals surface area contributed by atoms with Crippen LogP contribution in [0.5, 0.6) is 0 Å². The van der Waals surface area contributed by atoms with Gasteiger partial charge in [-0.05, 0) is 112 Å². The Morgan fingerprint density at radius 3 is 1.93 bits per heavy atom. The fourth-order valence-electron chi connectivity index (χ4n) is 7.14. The summed E-state index contributed by atoms with van der Waals surface area (Å²) in [5.41, 5.74) is 0.712. The lowest BCUT2D eigenvalue weighted by atomic mass is 9.91. The molecule has 0 aromatic carbocycles. The molecule has 7 unspecified atom stereocenters. The maximum Gasteiger partial charge on any atom is 0.311 e. The molecule has 0 aromatic heterocycles. The number of rotatable bonds is 9. The highest BCUT2D eigenvalue weighted by atomic mass is 28.5. The zero-order valence-corrected chi connectivity index (χ0v) is 22.9. The van der Waals surface area contributed by atoms with Gasteiger partial charge in [-0.3, -0.25) is 0 Å². The Morgan fingerprint density at radius 2 is 1.41 bits per heavy atom. The Bertz CT molecular complexity index is 669. The van der Waals surface area contributed by atoms with Gasteiger partial charge in [-0.25, -0.2) is 0 Å². The van der Waals surface area contributed by atoms with E-state index < -0.39 is 25.2 Å². The van der Waals surface area contributed by atoms with Crippen molar-refractivity contribution in [2.75, 3.05) is 0 Å². The first kappa shape index (κ1) is 22.3. The molecule has 29 heavy (non-hydrogen) atoms. The van der Waals surface area contributed by atoms with Crippen molar-refractivity contribution in [2.45, 2.75) is 89.9 Å². The second kappa shape index (κ2) is 7.88. The minimum atomic E-state index is -2.11. The molecule has 164 valence electrons. The lowest BCUT2D eigenvalue weighted by Gasteiger charge is -2.43. The minimum Gasteiger partial charge on any atom is -0.437 e. The molecule has 0 saturated heterocycles. The summed E-state index contributed by atoms with van der Waals surface area (Å²) in [6.07, 6.45) is 16.9. The van der Waals surface area contributed by atoms with E-state index in [9.17, 15) is 0 Å². The first-order chi connectivity index (χ1) is 13.4. The molecule has 0 heterocycles. The predicted octanol–water partition coefficient (Wildman–Crippen LogP) is 7.34. The fourth-order valence-corrected chi connectivity index (χ4v) is 21.7. The van der Waals surface area contributed by atoms with Gasteiger partial charge in [0.15, 0.2) is 16.6 Å². The summed E-state index contributed by atoms with van der Waals surface area (Å²) >= 11 is 0. The first-order valence-corrected chi connectivity index (χ1v) is 21.1. The summed E-state index contributed by atoms with van der Waals surface area (Å²) in [4.78, 5) is 0. The molecule has 7 atom stereocenters. The van der Waals surface area contributed by atoms with Crippen molar-refractivity contribution >= 4 is 25.2 Å². The average molecular weight is 449 g/mol. The van der Waals surface area contributed by atoms with Crippen LogP contribution in [0, 0.1) is 35.5 Å². The molecule has 0 amide bonds. The van der Waals surface area contributed by atoms with Crippen LogP contribution in [-0.4, -0.2) is 25.2 Å². The third-order valence-corrected chi connectivity index (χ3v) is 21.0. The summed E-state index contributed by atoms with van der Waals surface area (Å²) in [6.45, 7) is 16.9. The van der Waals surface area contributed by atoms with Crippen LogP contribution in [0.4, 0.5) is 0 Å². The van der Waals surface area contributed by atoms with E-state index in [2.05, 4.69) is 70.5 Å². The van der Waals surface area contributed by atoms with Crippen molar-refractivity contribution in [1.82, 2.24) is 0 Å². The van der Waals surface area contributed by atoms with Gasteiger partial charge in [-0.2, -0.15) is 0 Å². The van der Waals surface area contributed by atoms with Gasteiger partial charge in [-0.15, -0.1) is 0 Å². The molecule has 4 bridgehead atoms. The monoisotopic (exact) mass is 448 g/mol. The van der Waals surface area contributed by atoms with Gasteiger partial charge in [-0.1, -0.05) is 37.6 Å². The summed E-state index contributed by atoms with van der Waals surface area (Å²) in [7, 11) is -5.59. The lowest BCUT2D eigenvalue weighted by molar-refractivity contribution is 0.347. The van der Waals surface area contributed by atoms with Crippen molar-refractivity contribution in [2.24, 2.45) is 35.5 Å². The van der Waals surface area contributed by atoms with Crippen molar-refractivity contribution < 1.29 is 8.23 Å². The largest absolute Gasteiger partial charge is 0.437 e. The van der Waals surface area contributed by atoms with Crippen LogP contribution in [0.1, 0.15) is 39.0 Å². The topological polar surface area (TPSA) is 18.5 Å². The summed E-state index contributed by atoms with van der Waals surface area (Å²) in [5.74, 6) is 5.19. The molecule has 2 nitrogen and oxygen atoms in total. The molecule has 2 fully saturated rings. The van der Waals surface area contributed by atoms with Crippen molar-refractivity contribution in [3.8, 4) is 0 Å². The highest BCUT2D eigenvalue weighted by Crippen LogP contribution is 2.51. The van der Waals surface area contributed by atoms with Crippen LogP contribution >= 0.6 is 0 Å². The maximum absolute atomic E-state index is 7.02. The van der Waals surface area contributed by atoms with E-state index in [1.165, 1.54) is 38.1 Å². The van der Waals surface area contributed by atoms with Gasteiger partial charge in [0, 0.05) is 0 Å². The molecule has 5 heteroatoms. The van der Waals surface area contributed by atoms with E-state index in [1.807, 2.05) is 0 Å². The van der Waals surface area contributed by atoms with Crippen LogP contribution in [0.2, 0.25) is 50.9 Å². The molecule has 4 aliphatic rings. The molecule has 0 N–H and O–H groups in total. The van der Waals surface area contributed by atoms with E-state index >= 15 is 0 Å². The molecule has 0 radical (unpaired) electrons. The molecular weight excluding hydrogens is 405 g/mol. The number of hydrogen-bond donors (Lipinski definition) is 0. The lowest BCUT2D eigenvalue weighted by Crippen LogP contribution is -2.54. The van der Waals surface area contributed by atoms with E-state index in [1.54, 1.807) is 0 Å². The van der Waals surface area contributed by atoms with Crippen LogP contribution < -0.4 is 0 Å². The first-order valence-electron chi connectivity index (χ1n) is 12.2. The summed E-state index contributed by atoms with van der Waals surface area (Å²) in [6, 6.07) is 1.29. The number of hydrogen-bond acceptors (Lipinski definition) is 2. The normalized spacial score (nSPS) is 37.1. The quantitative estimate of drug-likeness (QED) is 0.271. The Hall–Kier alpha value is 0.0506. The highest BCUT2D eigenvalue weighted by Gasteiger charge is 2.48.